The van der Waals surface area contributed by atoms with Crippen molar-refractivity contribution in [2.24, 2.45) is 0 Å². The average Bonchev–Trinajstić information content (AvgIpc) is 3.23. The molecule has 3 N–H and O–H groups in total. The van der Waals surface area contributed by atoms with Gasteiger partial charge in [-0.1, -0.05) is 210 Å². The lowest BCUT2D eigenvalue weighted by molar-refractivity contribution is -0.870. The van der Waals surface area contributed by atoms with Crippen LogP contribution in [0.3, 0.4) is 0 Å². The van der Waals surface area contributed by atoms with Gasteiger partial charge in [0.05, 0.1) is 39.9 Å². The minimum absolute atomic E-state index is 0.0543. The zero-order chi connectivity index (χ0) is 45.7. The molecule has 0 rings (SSSR count). The van der Waals surface area contributed by atoms with Gasteiger partial charge in [-0.05, 0) is 64.2 Å². The van der Waals surface area contributed by atoms with E-state index in [1.807, 2.05) is 27.2 Å². The fourth-order valence-electron chi connectivity index (χ4n) is 7.38. The molecule has 3 atom stereocenters. The molecule has 0 aliphatic carbocycles. The molecule has 9 heteroatoms. The van der Waals surface area contributed by atoms with E-state index in [1.165, 1.54) is 167 Å². The third-order valence-corrected chi connectivity index (χ3v) is 12.5. The molecule has 0 spiro atoms. The van der Waals surface area contributed by atoms with E-state index in [0.29, 0.717) is 17.4 Å². The van der Waals surface area contributed by atoms with Gasteiger partial charge in [0.2, 0.25) is 5.91 Å². The van der Waals surface area contributed by atoms with Crippen LogP contribution < -0.4 is 5.32 Å². The number of allylic oxidation sites excluding steroid dienone is 7. The normalized spacial score (nSPS) is 14.5. The van der Waals surface area contributed by atoms with Gasteiger partial charge in [0.25, 0.3) is 0 Å². The molecule has 0 bridgehead atoms. The Morgan fingerprint density at radius 2 is 0.935 bits per heavy atom. The predicted octanol–water partition coefficient (Wildman–Crippen LogP) is 15.2. The maximum Gasteiger partial charge on any atom is 0.472 e. The first kappa shape index (κ1) is 60.5. The number of rotatable bonds is 47. The molecule has 8 nitrogen and oxygen atoms in total. The minimum Gasteiger partial charge on any atom is -0.387 e. The number of phosphoric acid groups is 1. The van der Waals surface area contributed by atoms with Crippen LogP contribution in [0.2, 0.25) is 0 Å². The molecule has 0 radical (unpaired) electrons. The number of carbonyl (C=O) groups is 1. The van der Waals surface area contributed by atoms with Crippen LogP contribution in [0.1, 0.15) is 232 Å². The summed E-state index contributed by atoms with van der Waals surface area (Å²) in [5.74, 6) is -0.191. The lowest BCUT2D eigenvalue weighted by atomic mass is 10.1. The molecule has 0 aromatic heterocycles. The van der Waals surface area contributed by atoms with Crippen LogP contribution in [0.4, 0.5) is 0 Å². The van der Waals surface area contributed by atoms with Crippen molar-refractivity contribution in [2.75, 3.05) is 40.9 Å². The quantitative estimate of drug-likeness (QED) is 0.0243. The Morgan fingerprint density at radius 3 is 1.39 bits per heavy atom. The van der Waals surface area contributed by atoms with Gasteiger partial charge in [0.15, 0.2) is 0 Å². The Bertz CT molecular complexity index is 1150. The zero-order valence-corrected chi connectivity index (χ0v) is 42.3. The Hall–Kier alpha value is -1.54. The van der Waals surface area contributed by atoms with Gasteiger partial charge in [-0.25, -0.2) is 4.57 Å². The first-order valence-corrected chi connectivity index (χ1v) is 27.5. The number of aliphatic hydroxyl groups is 1. The molecule has 0 aliphatic heterocycles. The third kappa shape index (κ3) is 46.5. The number of hydrogen-bond acceptors (Lipinski definition) is 5. The van der Waals surface area contributed by atoms with Crippen LogP contribution in [0.5, 0.6) is 0 Å². The summed E-state index contributed by atoms with van der Waals surface area (Å²) in [5, 5.41) is 13.8. The molecule has 0 aromatic carbocycles. The fraction of sp³-hybridized carbons (Fsp3) is 0.830. The van der Waals surface area contributed by atoms with E-state index in [2.05, 4.69) is 55.6 Å². The van der Waals surface area contributed by atoms with Crippen molar-refractivity contribution >= 4 is 13.7 Å². The number of likely N-dealkylation sites (N-methyl/N-ethyl adjacent to an activating group) is 1. The smallest absolute Gasteiger partial charge is 0.387 e. The molecule has 1 amide bonds. The van der Waals surface area contributed by atoms with Gasteiger partial charge < -0.3 is 19.8 Å². The number of hydrogen-bond donors (Lipinski definition) is 3. The van der Waals surface area contributed by atoms with E-state index in [9.17, 15) is 19.4 Å². The fourth-order valence-corrected chi connectivity index (χ4v) is 8.12. The van der Waals surface area contributed by atoms with Crippen molar-refractivity contribution in [1.29, 1.82) is 0 Å². The van der Waals surface area contributed by atoms with Crippen LogP contribution in [0.15, 0.2) is 48.6 Å². The molecule has 0 aromatic rings. The number of unbranched alkanes of at least 4 members (excludes halogenated alkanes) is 28. The Labute approximate surface area is 384 Å². The largest absolute Gasteiger partial charge is 0.472 e. The molecular weight excluding hydrogens is 792 g/mol. The Balaban J connectivity index is 4.29. The summed E-state index contributed by atoms with van der Waals surface area (Å²) in [5.41, 5.74) is 0. The highest BCUT2D eigenvalue weighted by Gasteiger charge is 2.27. The lowest BCUT2D eigenvalue weighted by Crippen LogP contribution is -2.45. The first-order valence-electron chi connectivity index (χ1n) is 26.0. The summed E-state index contributed by atoms with van der Waals surface area (Å²) >= 11 is 0. The summed E-state index contributed by atoms with van der Waals surface area (Å²) < 4.78 is 23.6. The monoisotopic (exact) mass is 894 g/mol. The minimum atomic E-state index is -4.35. The number of phosphoric ester groups is 1. The van der Waals surface area contributed by atoms with Gasteiger partial charge >= 0.3 is 7.82 Å². The maximum atomic E-state index is 12.9. The number of amides is 1. The zero-order valence-electron chi connectivity index (χ0n) is 41.4. The number of quaternary nitrogens is 1. The van der Waals surface area contributed by atoms with Crippen LogP contribution in [0.25, 0.3) is 0 Å². The van der Waals surface area contributed by atoms with Gasteiger partial charge in [0, 0.05) is 6.42 Å². The van der Waals surface area contributed by atoms with Gasteiger partial charge in [0.1, 0.15) is 13.2 Å². The van der Waals surface area contributed by atoms with Crippen molar-refractivity contribution in [3.63, 3.8) is 0 Å². The number of carbonyl (C=O) groups excluding carboxylic acids is 1. The third-order valence-electron chi connectivity index (χ3n) is 11.5. The van der Waals surface area contributed by atoms with E-state index in [0.717, 1.165) is 44.9 Å². The predicted molar refractivity (Wildman–Crippen MR) is 267 cm³/mol. The van der Waals surface area contributed by atoms with Crippen molar-refractivity contribution in [1.82, 2.24) is 5.32 Å². The summed E-state index contributed by atoms with van der Waals surface area (Å²) in [7, 11) is 1.55. The van der Waals surface area contributed by atoms with Crippen LogP contribution in [-0.4, -0.2) is 73.4 Å². The maximum absolute atomic E-state index is 12.9. The highest BCUT2D eigenvalue weighted by Crippen LogP contribution is 2.43. The molecule has 0 saturated heterocycles. The summed E-state index contributed by atoms with van der Waals surface area (Å²) in [6.45, 7) is 4.79. The van der Waals surface area contributed by atoms with Gasteiger partial charge in [-0.3, -0.25) is 13.8 Å². The summed E-state index contributed by atoms with van der Waals surface area (Å²) in [6, 6.07) is -0.866. The molecule has 0 aliphatic rings. The summed E-state index contributed by atoms with van der Waals surface area (Å²) in [6.07, 6.45) is 57.7. The van der Waals surface area contributed by atoms with E-state index in [1.54, 1.807) is 6.08 Å². The van der Waals surface area contributed by atoms with Crippen molar-refractivity contribution in [3.8, 4) is 0 Å². The number of nitrogens with one attached hydrogen (secondary N) is 1. The number of nitrogens with zero attached hydrogens (tertiary/aromatic N) is 1. The van der Waals surface area contributed by atoms with Gasteiger partial charge in [-0.15, -0.1) is 0 Å². The number of aliphatic hydroxyl groups excluding tert-OH is 1. The summed E-state index contributed by atoms with van der Waals surface area (Å²) in [4.78, 5) is 23.2. The lowest BCUT2D eigenvalue weighted by Gasteiger charge is -2.25. The van der Waals surface area contributed by atoms with Crippen LogP contribution >= 0.6 is 7.82 Å². The van der Waals surface area contributed by atoms with Crippen molar-refractivity contribution in [2.45, 2.75) is 244 Å². The topological polar surface area (TPSA) is 105 Å². The highest BCUT2D eigenvalue weighted by molar-refractivity contribution is 7.47. The van der Waals surface area contributed by atoms with Crippen molar-refractivity contribution in [3.05, 3.63) is 48.6 Å². The molecule has 364 valence electrons. The second kappa shape index (κ2) is 44.7. The molecule has 0 fully saturated rings. The van der Waals surface area contributed by atoms with E-state index < -0.39 is 20.0 Å². The van der Waals surface area contributed by atoms with Gasteiger partial charge in [-0.2, -0.15) is 0 Å². The van der Waals surface area contributed by atoms with Crippen LogP contribution in [-0.2, 0) is 18.4 Å². The average molecular weight is 894 g/mol. The Morgan fingerprint density at radius 1 is 0.548 bits per heavy atom. The molecule has 3 unspecified atom stereocenters. The van der Waals surface area contributed by atoms with E-state index >= 15 is 0 Å². The van der Waals surface area contributed by atoms with E-state index in [-0.39, 0.29) is 19.1 Å². The SMILES string of the molecule is CCCCCCCCCCC/C=C\C/C=C\CCCCCCCCCCCC(=O)NC(COP(=O)(O)OCC[N+](C)(C)C)C(O)/C=C/CC/C=C/CCCCCCCCCCC. The second-order valence-electron chi connectivity index (χ2n) is 18.9. The molecule has 0 saturated carbocycles. The molecule has 62 heavy (non-hydrogen) atoms. The molecular formula is C53H102N2O6P+. The second-order valence-corrected chi connectivity index (χ2v) is 20.3. The molecule has 0 heterocycles. The van der Waals surface area contributed by atoms with E-state index in [4.69, 9.17) is 9.05 Å². The highest BCUT2D eigenvalue weighted by atomic mass is 31.2. The van der Waals surface area contributed by atoms with Crippen LogP contribution in [0, 0.1) is 0 Å². The van der Waals surface area contributed by atoms with Crippen molar-refractivity contribution < 1.29 is 32.9 Å². The first-order chi connectivity index (χ1) is 30.0. The standard InChI is InChI=1S/C53H101N2O6P/c1-6-8-10-12-14-16-18-20-22-23-24-25-26-27-28-29-30-31-33-35-37-39-41-43-45-47-53(57)54-51(50-61-62(58,59)60-49-48-55(3,4)5)52(56)46-44-42-40-38-36-34-32-21-19-17-15-13-11-9-7-2/h24-25,27-28,36,38,44,46,51-52,56H,6-23,26,29-35,37,39-43,45,47-50H2,1-5H3,(H-,54,57,58,59)/p+1/b25-24-,28-27-,38-36+,46-44+. The Kier molecular flexibility index (Phi) is 43.5.